The van der Waals surface area contributed by atoms with Gasteiger partial charge in [0, 0.05) is 22.6 Å². The molecule has 2 aromatic rings. The van der Waals surface area contributed by atoms with E-state index in [-0.39, 0.29) is 5.78 Å². The Morgan fingerprint density at radius 1 is 1.14 bits per heavy atom. The van der Waals surface area contributed by atoms with Gasteiger partial charge in [0.05, 0.1) is 5.03 Å². The second-order valence-electron chi connectivity index (χ2n) is 5.91. The molecule has 0 aliphatic heterocycles. The Balaban J connectivity index is 1.76. The SMILES string of the molecule is Cc1cc(SC2CCCCC2)ncc1C(=O)c1ccccc1. The highest BCUT2D eigenvalue weighted by Gasteiger charge is 2.17. The fraction of sp³-hybridized carbons (Fsp3) is 0.368. The zero-order chi connectivity index (χ0) is 15.4. The summed E-state index contributed by atoms with van der Waals surface area (Å²) in [6.45, 7) is 2.00. The lowest BCUT2D eigenvalue weighted by Gasteiger charge is -2.20. The summed E-state index contributed by atoms with van der Waals surface area (Å²) >= 11 is 1.87. The van der Waals surface area contributed by atoms with E-state index in [1.54, 1.807) is 6.20 Å². The summed E-state index contributed by atoms with van der Waals surface area (Å²) in [7, 11) is 0. The third-order valence-electron chi connectivity index (χ3n) is 4.21. The molecule has 1 saturated carbocycles. The lowest BCUT2D eigenvalue weighted by atomic mass is 10.0. The lowest BCUT2D eigenvalue weighted by Crippen LogP contribution is -2.09. The molecular formula is C19H21NOS. The summed E-state index contributed by atoms with van der Waals surface area (Å²) in [5, 5.41) is 1.74. The van der Waals surface area contributed by atoms with E-state index in [0.29, 0.717) is 10.8 Å². The Bertz CT molecular complexity index is 648. The maximum absolute atomic E-state index is 12.5. The first-order valence-corrected chi connectivity index (χ1v) is 8.85. The van der Waals surface area contributed by atoms with Gasteiger partial charge in [-0.3, -0.25) is 4.79 Å². The molecule has 0 N–H and O–H groups in total. The molecule has 0 unspecified atom stereocenters. The number of pyridine rings is 1. The van der Waals surface area contributed by atoms with E-state index in [1.807, 2.05) is 49.0 Å². The van der Waals surface area contributed by atoms with Gasteiger partial charge in [0.1, 0.15) is 0 Å². The normalized spacial score (nSPS) is 15.7. The summed E-state index contributed by atoms with van der Waals surface area (Å²) in [6, 6.07) is 11.5. The molecule has 3 rings (SSSR count). The predicted octanol–water partition coefficient (Wildman–Crippen LogP) is 5.05. The standard InChI is InChI=1S/C19H21NOS/c1-14-12-18(22-16-10-6-3-7-11-16)20-13-17(14)19(21)15-8-4-2-5-9-15/h2,4-5,8-9,12-13,16H,3,6-7,10-11H2,1H3. The number of benzene rings is 1. The molecule has 114 valence electrons. The second-order valence-corrected chi connectivity index (χ2v) is 7.23. The number of rotatable bonds is 4. The van der Waals surface area contributed by atoms with E-state index < -0.39 is 0 Å². The van der Waals surface area contributed by atoms with Crippen molar-refractivity contribution >= 4 is 17.5 Å². The maximum atomic E-state index is 12.5. The largest absolute Gasteiger partial charge is 0.289 e. The van der Waals surface area contributed by atoms with Crippen molar-refractivity contribution in [3.8, 4) is 0 Å². The van der Waals surface area contributed by atoms with Crippen molar-refractivity contribution in [2.45, 2.75) is 49.3 Å². The Kier molecular flexibility index (Phi) is 4.94. The Morgan fingerprint density at radius 3 is 2.55 bits per heavy atom. The highest BCUT2D eigenvalue weighted by Crippen LogP contribution is 2.33. The van der Waals surface area contributed by atoms with Gasteiger partial charge in [-0.25, -0.2) is 4.98 Å². The number of carbonyl (C=O) groups excluding carboxylic acids is 1. The van der Waals surface area contributed by atoms with Crippen molar-refractivity contribution in [1.82, 2.24) is 4.98 Å². The van der Waals surface area contributed by atoms with Crippen LogP contribution in [0.2, 0.25) is 0 Å². The third kappa shape index (κ3) is 3.58. The summed E-state index contributed by atoms with van der Waals surface area (Å²) in [5.74, 6) is 0.0554. The van der Waals surface area contributed by atoms with Gasteiger partial charge in [0.25, 0.3) is 0 Å². The van der Waals surface area contributed by atoms with E-state index in [4.69, 9.17) is 0 Å². The van der Waals surface area contributed by atoms with Crippen LogP contribution in [0.5, 0.6) is 0 Å². The highest BCUT2D eigenvalue weighted by atomic mass is 32.2. The number of hydrogen-bond acceptors (Lipinski definition) is 3. The number of thioether (sulfide) groups is 1. The fourth-order valence-electron chi connectivity index (χ4n) is 2.93. The van der Waals surface area contributed by atoms with Crippen molar-refractivity contribution in [2.75, 3.05) is 0 Å². The second kappa shape index (κ2) is 7.10. The van der Waals surface area contributed by atoms with Gasteiger partial charge in [0.2, 0.25) is 0 Å². The molecule has 0 spiro atoms. The molecule has 2 nitrogen and oxygen atoms in total. The molecule has 1 aliphatic carbocycles. The van der Waals surface area contributed by atoms with Gasteiger partial charge in [-0.15, -0.1) is 11.8 Å². The van der Waals surface area contributed by atoms with E-state index in [1.165, 1.54) is 32.1 Å². The lowest BCUT2D eigenvalue weighted by molar-refractivity contribution is 0.103. The molecular weight excluding hydrogens is 290 g/mol. The monoisotopic (exact) mass is 311 g/mol. The fourth-order valence-corrected chi connectivity index (χ4v) is 4.20. The summed E-state index contributed by atoms with van der Waals surface area (Å²) in [5.41, 5.74) is 2.45. The summed E-state index contributed by atoms with van der Waals surface area (Å²) in [6.07, 6.45) is 8.36. The van der Waals surface area contributed by atoms with Crippen LogP contribution in [0, 0.1) is 6.92 Å². The number of carbonyl (C=O) groups is 1. The van der Waals surface area contributed by atoms with Gasteiger partial charge in [-0.1, -0.05) is 49.6 Å². The minimum absolute atomic E-state index is 0.0554. The van der Waals surface area contributed by atoms with Crippen molar-refractivity contribution in [3.05, 3.63) is 59.3 Å². The molecule has 3 heteroatoms. The van der Waals surface area contributed by atoms with Crippen LogP contribution in [0.3, 0.4) is 0 Å². The van der Waals surface area contributed by atoms with Crippen molar-refractivity contribution in [1.29, 1.82) is 0 Å². The molecule has 22 heavy (non-hydrogen) atoms. The number of hydrogen-bond donors (Lipinski definition) is 0. The highest BCUT2D eigenvalue weighted by molar-refractivity contribution is 7.99. The number of aryl methyl sites for hydroxylation is 1. The molecule has 0 radical (unpaired) electrons. The topological polar surface area (TPSA) is 30.0 Å². The van der Waals surface area contributed by atoms with Gasteiger partial charge in [0.15, 0.2) is 5.78 Å². The number of ketones is 1. The number of nitrogens with zero attached hydrogens (tertiary/aromatic N) is 1. The predicted molar refractivity (Wildman–Crippen MR) is 91.6 cm³/mol. The molecule has 0 bridgehead atoms. The average Bonchev–Trinajstić information content (AvgIpc) is 2.56. The average molecular weight is 311 g/mol. The van der Waals surface area contributed by atoms with Crippen LogP contribution in [-0.4, -0.2) is 16.0 Å². The molecule has 1 fully saturated rings. The van der Waals surface area contributed by atoms with Crippen LogP contribution < -0.4 is 0 Å². The molecule has 1 aliphatic rings. The van der Waals surface area contributed by atoms with Crippen LogP contribution >= 0.6 is 11.8 Å². The van der Waals surface area contributed by atoms with Crippen LogP contribution in [0.1, 0.15) is 53.6 Å². The van der Waals surface area contributed by atoms with Gasteiger partial charge in [-0.2, -0.15) is 0 Å². The summed E-state index contributed by atoms with van der Waals surface area (Å²) < 4.78 is 0. The van der Waals surface area contributed by atoms with Gasteiger partial charge < -0.3 is 0 Å². The molecule has 1 heterocycles. The quantitative estimate of drug-likeness (QED) is 0.740. The zero-order valence-corrected chi connectivity index (χ0v) is 13.7. The van der Waals surface area contributed by atoms with Crippen molar-refractivity contribution in [2.24, 2.45) is 0 Å². The Labute approximate surface area is 136 Å². The minimum atomic E-state index is 0.0554. The number of aromatic nitrogens is 1. The Morgan fingerprint density at radius 2 is 1.86 bits per heavy atom. The van der Waals surface area contributed by atoms with Crippen LogP contribution in [0.25, 0.3) is 0 Å². The van der Waals surface area contributed by atoms with Crippen LogP contribution in [-0.2, 0) is 0 Å². The first-order valence-electron chi connectivity index (χ1n) is 7.97. The van der Waals surface area contributed by atoms with E-state index >= 15 is 0 Å². The van der Waals surface area contributed by atoms with E-state index in [9.17, 15) is 4.79 Å². The van der Waals surface area contributed by atoms with Crippen LogP contribution in [0.15, 0.2) is 47.6 Å². The first kappa shape index (κ1) is 15.3. The minimum Gasteiger partial charge on any atom is -0.289 e. The van der Waals surface area contributed by atoms with Crippen molar-refractivity contribution < 1.29 is 4.79 Å². The zero-order valence-electron chi connectivity index (χ0n) is 12.9. The molecule has 0 atom stereocenters. The Hall–Kier alpha value is -1.61. The molecule has 0 amide bonds. The van der Waals surface area contributed by atoms with E-state index in [0.717, 1.165) is 16.2 Å². The van der Waals surface area contributed by atoms with Crippen LogP contribution in [0.4, 0.5) is 0 Å². The smallest absolute Gasteiger partial charge is 0.194 e. The molecule has 0 saturated heterocycles. The first-order chi connectivity index (χ1) is 10.7. The molecule has 1 aromatic heterocycles. The molecule has 1 aromatic carbocycles. The van der Waals surface area contributed by atoms with E-state index in [2.05, 4.69) is 11.1 Å². The maximum Gasteiger partial charge on any atom is 0.194 e. The van der Waals surface area contributed by atoms with Gasteiger partial charge >= 0.3 is 0 Å². The van der Waals surface area contributed by atoms with Crippen molar-refractivity contribution in [3.63, 3.8) is 0 Å². The third-order valence-corrected chi connectivity index (χ3v) is 5.48. The summed E-state index contributed by atoms with van der Waals surface area (Å²) in [4.78, 5) is 17.0. The van der Waals surface area contributed by atoms with Gasteiger partial charge in [-0.05, 0) is 31.4 Å².